The normalized spacial score (nSPS) is 28.2. The zero-order valence-electron chi connectivity index (χ0n) is 14.8. The quantitative estimate of drug-likeness (QED) is 0.830. The molecule has 0 unspecified atom stereocenters. The van der Waals surface area contributed by atoms with E-state index in [0.717, 1.165) is 18.7 Å². The van der Waals surface area contributed by atoms with Gasteiger partial charge in [-0.2, -0.15) is 0 Å². The number of hydrogen-bond acceptors (Lipinski definition) is 3. The molecule has 3 atom stereocenters. The van der Waals surface area contributed by atoms with Crippen LogP contribution < -0.4 is 0 Å². The van der Waals surface area contributed by atoms with Crippen molar-refractivity contribution in [1.29, 1.82) is 0 Å². The number of Topliss-reactive ketones (excluding diaryl/α,β-unsaturated/α-hetero) is 1. The molecular weight excluding hydrogens is 329 g/mol. The van der Waals surface area contributed by atoms with E-state index in [-0.39, 0.29) is 11.5 Å². The molecule has 4 heteroatoms. The van der Waals surface area contributed by atoms with Gasteiger partial charge in [0, 0.05) is 25.1 Å². The highest BCUT2D eigenvalue weighted by molar-refractivity contribution is 5.97. The molecule has 0 aromatic heterocycles. The van der Waals surface area contributed by atoms with E-state index in [4.69, 9.17) is 0 Å². The van der Waals surface area contributed by atoms with Gasteiger partial charge in [-0.15, -0.1) is 0 Å². The SMILES string of the molecule is O=C(CN1C[C@@H]2C[C@@](F)(Cc3ccccc3)C[C@@H]2C1)c1ccc(O)cc1. The Morgan fingerprint density at radius 3 is 2.27 bits per heavy atom. The lowest BCUT2D eigenvalue weighted by Crippen LogP contribution is -2.31. The van der Waals surface area contributed by atoms with Crippen LogP contribution in [0, 0.1) is 11.8 Å². The molecule has 2 aromatic carbocycles. The number of halogens is 1. The highest BCUT2D eigenvalue weighted by atomic mass is 19.1. The monoisotopic (exact) mass is 353 g/mol. The summed E-state index contributed by atoms with van der Waals surface area (Å²) in [5, 5.41) is 9.33. The second-order valence-corrected chi connectivity index (χ2v) is 7.91. The number of rotatable bonds is 5. The minimum absolute atomic E-state index is 0.0563. The van der Waals surface area contributed by atoms with Crippen LogP contribution in [-0.4, -0.2) is 41.1 Å². The fourth-order valence-electron chi connectivity index (χ4n) is 4.70. The van der Waals surface area contributed by atoms with Crippen molar-refractivity contribution in [1.82, 2.24) is 4.90 Å². The summed E-state index contributed by atoms with van der Waals surface area (Å²) in [6.07, 6.45) is 1.68. The van der Waals surface area contributed by atoms with Crippen molar-refractivity contribution in [3.8, 4) is 5.75 Å². The highest BCUT2D eigenvalue weighted by Crippen LogP contribution is 2.47. The predicted octanol–water partition coefficient (Wildman–Crippen LogP) is 3.87. The number of phenols is 1. The van der Waals surface area contributed by atoms with Gasteiger partial charge >= 0.3 is 0 Å². The van der Waals surface area contributed by atoms with Gasteiger partial charge in [0.2, 0.25) is 0 Å². The van der Waals surface area contributed by atoms with Crippen molar-refractivity contribution in [2.75, 3.05) is 19.6 Å². The Hall–Kier alpha value is -2.20. The van der Waals surface area contributed by atoms with Crippen LogP contribution in [0.25, 0.3) is 0 Å². The van der Waals surface area contributed by atoms with Gasteiger partial charge in [-0.25, -0.2) is 4.39 Å². The number of benzene rings is 2. The number of phenolic OH excluding ortho intramolecular Hbond substituents is 1. The molecule has 1 aliphatic carbocycles. The molecule has 1 saturated carbocycles. The summed E-state index contributed by atoms with van der Waals surface area (Å²) >= 11 is 0. The van der Waals surface area contributed by atoms with Gasteiger partial charge in [-0.3, -0.25) is 9.69 Å². The van der Waals surface area contributed by atoms with Crippen LogP contribution in [0.2, 0.25) is 0 Å². The molecule has 1 heterocycles. The summed E-state index contributed by atoms with van der Waals surface area (Å²) in [7, 11) is 0. The maximum absolute atomic E-state index is 15.3. The van der Waals surface area contributed by atoms with E-state index in [2.05, 4.69) is 4.90 Å². The van der Waals surface area contributed by atoms with Crippen molar-refractivity contribution in [3.63, 3.8) is 0 Å². The maximum Gasteiger partial charge on any atom is 0.176 e. The topological polar surface area (TPSA) is 40.5 Å². The molecule has 0 spiro atoms. The van der Waals surface area contributed by atoms with Crippen molar-refractivity contribution in [3.05, 3.63) is 65.7 Å². The molecule has 4 rings (SSSR count). The number of carbonyl (C=O) groups is 1. The third-order valence-corrected chi connectivity index (χ3v) is 5.83. The Balaban J connectivity index is 1.33. The number of fused-ring (bicyclic) bond motifs is 1. The van der Waals surface area contributed by atoms with E-state index in [1.54, 1.807) is 12.1 Å². The molecule has 1 saturated heterocycles. The molecule has 26 heavy (non-hydrogen) atoms. The first-order valence-electron chi connectivity index (χ1n) is 9.28. The highest BCUT2D eigenvalue weighted by Gasteiger charge is 2.49. The third-order valence-electron chi connectivity index (χ3n) is 5.83. The zero-order valence-corrected chi connectivity index (χ0v) is 14.8. The van der Waals surface area contributed by atoms with Crippen molar-refractivity contribution >= 4 is 5.78 Å². The Labute approximate surface area is 153 Å². The molecule has 0 bridgehead atoms. The minimum Gasteiger partial charge on any atom is -0.508 e. The van der Waals surface area contributed by atoms with Crippen molar-refractivity contribution < 1.29 is 14.3 Å². The number of aromatic hydroxyl groups is 1. The van der Waals surface area contributed by atoms with Crippen LogP contribution in [0.5, 0.6) is 5.75 Å². The number of likely N-dealkylation sites (tertiary alicyclic amines) is 1. The number of nitrogens with zero attached hydrogens (tertiary/aromatic N) is 1. The molecular formula is C22H24FNO2. The molecule has 0 amide bonds. The smallest absolute Gasteiger partial charge is 0.176 e. The fourth-order valence-corrected chi connectivity index (χ4v) is 4.70. The molecule has 2 aromatic rings. The lowest BCUT2D eigenvalue weighted by Gasteiger charge is -2.23. The maximum atomic E-state index is 15.3. The molecule has 2 fully saturated rings. The minimum atomic E-state index is -1.11. The van der Waals surface area contributed by atoms with Gasteiger partial charge in [0.1, 0.15) is 11.4 Å². The standard InChI is InChI=1S/C22H24FNO2/c23-22(10-16-4-2-1-3-5-16)11-18-13-24(14-19(18)12-22)15-21(26)17-6-8-20(25)9-7-17/h1-9,18-19,25H,10-15H2/t18-,19+,22-. The summed E-state index contributed by atoms with van der Waals surface area (Å²) in [4.78, 5) is 14.6. The molecule has 0 radical (unpaired) electrons. The van der Waals surface area contributed by atoms with Crippen LogP contribution >= 0.6 is 0 Å². The third kappa shape index (κ3) is 3.65. The summed E-state index contributed by atoms with van der Waals surface area (Å²) < 4.78 is 15.3. The van der Waals surface area contributed by atoms with Crippen LogP contribution in [0.3, 0.4) is 0 Å². The van der Waals surface area contributed by atoms with Crippen molar-refractivity contribution in [2.24, 2.45) is 11.8 Å². The Morgan fingerprint density at radius 2 is 1.65 bits per heavy atom. The van der Waals surface area contributed by atoms with Gasteiger partial charge < -0.3 is 5.11 Å². The second-order valence-electron chi connectivity index (χ2n) is 7.91. The average molecular weight is 353 g/mol. The lowest BCUT2D eigenvalue weighted by atomic mass is 9.93. The Morgan fingerprint density at radius 1 is 1.04 bits per heavy atom. The van der Waals surface area contributed by atoms with Gasteiger partial charge in [-0.05, 0) is 54.5 Å². The van der Waals surface area contributed by atoms with Gasteiger partial charge in [-0.1, -0.05) is 30.3 Å². The van der Waals surface area contributed by atoms with E-state index in [9.17, 15) is 9.90 Å². The van der Waals surface area contributed by atoms with Crippen LogP contribution in [-0.2, 0) is 6.42 Å². The summed E-state index contributed by atoms with van der Waals surface area (Å²) in [6, 6.07) is 16.3. The van der Waals surface area contributed by atoms with Crippen LogP contribution in [0.15, 0.2) is 54.6 Å². The first-order chi connectivity index (χ1) is 12.5. The summed E-state index contributed by atoms with van der Waals surface area (Å²) in [5.41, 5.74) is 0.571. The van der Waals surface area contributed by atoms with Gasteiger partial charge in [0.25, 0.3) is 0 Å². The molecule has 1 aliphatic heterocycles. The average Bonchev–Trinajstić information content (AvgIpc) is 3.10. The Bertz CT molecular complexity index is 760. The largest absolute Gasteiger partial charge is 0.508 e. The molecule has 136 valence electrons. The number of carbonyl (C=O) groups excluding carboxylic acids is 1. The predicted molar refractivity (Wildman–Crippen MR) is 99.1 cm³/mol. The van der Waals surface area contributed by atoms with Crippen molar-refractivity contribution in [2.45, 2.75) is 24.9 Å². The first-order valence-corrected chi connectivity index (χ1v) is 9.28. The zero-order chi connectivity index (χ0) is 18.1. The number of ketones is 1. The molecule has 1 N–H and O–H groups in total. The summed E-state index contributed by atoms with van der Waals surface area (Å²) in [5.74, 6) is 0.906. The van der Waals surface area contributed by atoms with E-state index >= 15 is 4.39 Å². The lowest BCUT2D eigenvalue weighted by molar-refractivity contribution is 0.0930. The van der Waals surface area contributed by atoms with Gasteiger partial charge in [0.05, 0.1) is 6.54 Å². The molecule has 3 nitrogen and oxygen atoms in total. The second kappa shape index (κ2) is 6.84. The number of hydrogen-bond donors (Lipinski definition) is 1. The van der Waals surface area contributed by atoms with Gasteiger partial charge in [0.15, 0.2) is 5.78 Å². The fraction of sp³-hybridized carbons (Fsp3) is 0.409. The Kier molecular flexibility index (Phi) is 4.53. The summed E-state index contributed by atoms with van der Waals surface area (Å²) in [6.45, 7) is 1.97. The van der Waals surface area contributed by atoms with E-state index in [1.807, 2.05) is 30.3 Å². The van der Waals surface area contributed by atoms with Crippen LogP contribution in [0.4, 0.5) is 4.39 Å². The number of alkyl halides is 1. The van der Waals surface area contributed by atoms with Crippen LogP contribution in [0.1, 0.15) is 28.8 Å². The first kappa shape index (κ1) is 17.2. The molecule has 2 aliphatic rings. The van der Waals surface area contributed by atoms with E-state index < -0.39 is 5.67 Å². The van der Waals surface area contributed by atoms with E-state index in [0.29, 0.717) is 43.2 Å². The van der Waals surface area contributed by atoms with E-state index in [1.165, 1.54) is 12.1 Å².